The summed E-state index contributed by atoms with van der Waals surface area (Å²) in [6.45, 7) is 2.46. The van der Waals surface area contributed by atoms with Gasteiger partial charge in [-0.25, -0.2) is 13.2 Å². The summed E-state index contributed by atoms with van der Waals surface area (Å²) in [7, 11) is 1.60. The molecule has 2 aromatic rings. The summed E-state index contributed by atoms with van der Waals surface area (Å²) in [5, 5.41) is 0. The molecule has 0 radical (unpaired) electrons. The molecule has 0 spiro atoms. The van der Waals surface area contributed by atoms with E-state index in [4.69, 9.17) is 9.47 Å². The molecule has 1 saturated heterocycles. The van der Waals surface area contributed by atoms with Gasteiger partial charge in [-0.15, -0.1) is 0 Å². The number of unbranched alkanes of at least 4 members (excludes halogenated alkanes) is 2. The molecule has 2 atom stereocenters. The summed E-state index contributed by atoms with van der Waals surface area (Å²) < 4.78 is 54.9. The van der Waals surface area contributed by atoms with Crippen LogP contribution in [0.3, 0.4) is 0 Å². The van der Waals surface area contributed by atoms with Gasteiger partial charge in [0.05, 0.1) is 18.8 Å². The van der Waals surface area contributed by atoms with Crippen LogP contribution in [0.4, 0.5) is 13.2 Å². The first-order chi connectivity index (χ1) is 13.5. The van der Waals surface area contributed by atoms with E-state index < -0.39 is 23.6 Å². The van der Waals surface area contributed by atoms with Crippen LogP contribution in [0.15, 0.2) is 30.3 Å². The van der Waals surface area contributed by atoms with Crippen molar-refractivity contribution in [3.63, 3.8) is 0 Å². The standard InChI is InChI=1S/C23H27F3O2/c1-3-4-5-6-15-7-9-17(20(24)13-15)18-10-11-19(23(26)22(18)25)21-12-8-16(27-2)14-28-21/h7,9-11,13,16,21H,3-6,8,12,14H2,1-2H3. The van der Waals surface area contributed by atoms with E-state index in [0.29, 0.717) is 13.0 Å². The lowest BCUT2D eigenvalue weighted by molar-refractivity contribution is -0.0736. The number of halogens is 3. The number of hydrogen-bond acceptors (Lipinski definition) is 2. The van der Waals surface area contributed by atoms with Crippen LogP contribution in [0.5, 0.6) is 0 Å². The number of ether oxygens (including phenoxy) is 2. The minimum atomic E-state index is -1.03. The van der Waals surface area contributed by atoms with Gasteiger partial charge in [-0.1, -0.05) is 44.0 Å². The van der Waals surface area contributed by atoms with Crippen LogP contribution in [0.1, 0.15) is 56.3 Å². The number of aryl methyl sites for hydroxylation is 1. The molecule has 1 aliphatic rings. The second-order valence-electron chi connectivity index (χ2n) is 7.36. The van der Waals surface area contributed by atoms with Gasteiger partial charge in [-0.3, -0.25) is 0 Å². The summed E-state index contributed by atoms with van der Waals surface area (Å²) in [6.07, 6.45) is 4.68. The van der Waals surface area contributed by atoms with Crippen molar-refractivity contribution < 1.29 is 22.6 Å². The first-order valence-corrected chi connectivity index (χ1v) is 9.96. The Bertz CT molecular complexity index is 799. The van der Waals surface area contributed by atoms with Crippen molar-refractivity contribution >= 4 is 0 Å². The van der Waals surface area contributed by atoms with Gasteiger partial charge in [0.1, 0.15) is 5.82 Å². The van der Waals surface area contributed by atoms with Gasteiger partial charge in [0.15, 0.2) is 11.6 Å². The lowest BCUT2D eigenvalue weighted by Gasteiger charge is -2.28. The van der Waals surface area contributed by atoms with E-state index in [1.54, 1.807) is 13.2 Å². The Balaban J connectivity index is 1.81. The molecule has 1 aliphatic heterocycles. The zero-order valence-electron chi connectivity index (χ0n) is 16.4. The summed E-state index contributed by atoms with van der Waals surface area (Å²) >= 11 is 0. The van der Waals surface area contributed by atoms with Crippen molar-refractivity contribution in [3.05, 3.63) is 58.9 Å². The highest BCUT2D eigenvalue weighted by atomic mass is 19.2. The van der Waals surface area contributed by atoms with E-state index in [9.17, 15) is 13.2 Å². The normalized spacial score (nSPS) is 19.8. The van der Waals surface area contributed by atoms with Gasteiger partial charge in [-0.2, -0.15) is 0 Å². The molecule has 2 nitrogen and oxygen atoms in total. The molecule has 3 rings (SSSR count). The molecular weight excluding hydrogens is 365 g/mol. The van der Waals surface area contributed by atoms with Crippen molar-refractivity contribution in [2.75, 3.05) is 13.7 Å². The Kier molecular flexibility index (Phi) is 7.13. The molecule has 0 aliphatic carbocycles. The summed E-state index contributed by atoms with van der Waals surface area (Å²) in [5.74, 6) is -2.53. The van der Waals surface area contributed by atoms with E-state index in [-0.39, 0.29) is 22.8 Å². The maximum absolute atomic E-state index is 14.8. The molecule has 0 amide bonds. The lowest BCUT2D eigenvalue weighted by Crippen LogP contribution is -2.27. The van der Waals surface area contributed by atoms with Crippen molar-refractivity contribution in [1.29, 1.82) is 0 Å². The highest BCUT2D eigenvalue weighted by molar-refractivity contribution is 5.66. The maximum Gasteiger partial charge on any atom is 0.167 e. The van der Waals surface area contributed by atoms with E-state index in [1.807, 2.05) is 0 Å². The topological polar surface area (TPSA) is 18.5 Å². The van der Waals surface area contributed by atoms with Crippen LogP contribution in [0.2, 0.25) is 0 Å². The van der Waals surface area contributed by atoms with E-state index in [2.05, 4.69) is 6.92 Å². The van der Waals surface area contributed by atoms with Crippen molar-refractivity contribution in [2.24, 2.45) is 0 Å². The molecular formula is C23H27F3O2. The van der Waals surface area contributed by atoms with E-state index in [0.717, 1.165) is 37.7 Å². The number of benzene rings is 2. The van der Waals surface area contributed by atoms with Crippen molar-refractivity contribution in [1.82, 2.24) is 0 Å². The summed E-state index contributed by atoms with van der Waals surface area (Å²) in [5.41, 5.74) is 1.05. The predicted octanol–water partition coefficient (Wildman–Crippen LogP) is 6.37. The molecule has 0 N–H and O–H groups in total. The van der Waals surface area contributed by atoms with Crippen LogP contribution < -0.4 is 0 Å². The zero-order valence-corrected chi connectivity index (χ0v) is 16.4. The molecule has 5 heteroatoms. The molecule has 2 unspecified atom stereocenters. The first kappa shape index (κ1) is 20.9. The molecule has 152 valence electrons. The van der Waals surface area contributed by atoms with Crippen LogP contribution in [-0.4, -0.2) is 19.8 Å². The van der Waals surface area contributed by atoms with Crippen LogP contribution in [0.25, 0.3) is 11.1 Å². The second kappa shape index (κ2) is 9.57. The highest BCUT2D eigenvalue weighted by Gasteiger charge is 2.27. The third-order valence-electron chi connectivity index (χ3n) is 5.42. The van der Waals surface area contributed by atoms with E-state index >= 15 is 0 Å². The number of methoxy groups -OCH3 is 1. The first-order valence-electron chi connectivity index (χ1n) is 9.96. The van der Waals surface area contributed by atoms with Gasteiger partial charge >= 0.3 is 0 Å². The molecule has 28 heavy (non-hydrogen) atoms. The predicted molar refractivity (Wildman–Crippen MR) is 104 cm³/mol. The largest absolute Gasteiger partial charge is 0.379 e. The molecule has 0 saturated carbocycles. The summed E-state index contributed by atoms with van der Waals surface area (Å²) in [4.78, 5) is 0. The third kappa shape index (κ3) is 4.58. The van der Waals surface area contributed by atoms with Crippen LogP contribution in [-0.2, 0) is 15.9 Å². The average Bonchev–Trinajstić information content (AvgIpc) is 2.71. The van der Waals surface area contributed by atoms with Gasteiger partial charge in [0, 0.05) is 23.8 Å². The van der Waals surface area contributed by atoms with Gasteiger partial charge in [0.2, 0.25) is 0 Å². The quantitative estimate of drug-likeness (QED) is 0.510. The van der Waals surface area contributed by atoms with Crippen molar-refractivity contribution in [3.8, 4) is 11.1 Å². The SMILES string of the molecule is CCCCCc1ccc(-c2ccc(C3CCC(OC)CO3)c(F)c2F)c(F)c1. The average molecular weight is 392 g/mol. The molecule has 1 fully saturated rings. The molecule has 2 aromatic carbocycles. The smallest absolute Gasteiger partial charge is 0.167 e. The lowest BCUT2D eigenvalue weighted by atomic mass is 9.95. The molecule has 1 heterocycles. The van der Waals surface area contributed by atoms with Crippen LogP contribution in [0, 0.1) is 17.5 Å². The number of hydrogen-bond donors (Lipinski definition) is 0. The molecule has 0 bridgehead atoms. The Labute approximate surface area is 164 Å². The van der Waals surface area contributed by atoms with Crippen molar-refractivity contribution in [2.45, 2.75) is 57.7 Å². The Hall–Kier alpha value is -1.85. The highest BCUT2D eigenvalue weighted by Crippen LogP contribution is 2.35. The summed E-state index contributed by atoms with van der Waals surface area (Å²) in [6, 6.07) is 7.68. The minimum Gasteiger partial charge on any atom is -0.379 e. The fourth-order valence-electron chi connectivity index (χ4n) is 3.69. The minimum absolute atomic E-state index is 0.0200. The monoisotopic (exact) mass is 392 g/mol. The zero-order chi connectivity index (χ0) is 20.1. The third-order valence-corrected chi connectivity index (χ3v) is 5.42. The Morgan fingerprint density at radius 3 is 2.43 bits per heavy atom. The number of rotatable bonds is 7. The fraction of sp³-hybridized carbons (Fsp3) is 0.478. The molecule has 0 aromatic heterocycles. The second-order valence-corrected chi connectivity index (χ2v) is 7.36. The van der Waals surface area contributed by atoms with Gasteiger partial charge in [0.25, 0.3) is 0 Å². The van der Waals surface area contributed by atoms with Crippen LogP contribution >= 0.6 is 0 Å². The van der Waals surface area contributed by atoms with Gasteiger partial charge in [-0.05, 0) is 37.3 Å². The van der Waals surface area contributed by atoms with Gasteiger partial charge < -0.3 is 9.47 Å². The maximum atomic E-state index is 14.8. The fourth-order valence-corrected chi connectivity index (χ4v) is 3.69. The Morgan fingerprint density at radius 2 is 1.79 bits per heavy atom. The Morgan fingerprint density at radius 1 is 1.00 bits per heavy atom. The van der Waals surface area contributed by atoms with E-state index in [1.165, 1.54) is 24.3 Å².